The van der Waals surface area contributed by atoms with Crippen LogP contribution >= 0.6 is 11.6 Å². The molecule has 10 heteroatoms. The van der Waals surface area contributed by atoms with Gasteiger partial charge in [-0.15, -0.1) is 6.42 Å². The molecule has 152 valence electrons. The number of halogens is 2. The number of imidazole rings is 1. The number of aliphatic hydroxyl groups excluding tert-OH is 1. The molecular weight excluding hydrogens is 411 g/mol. The molecule has 1 amide bonds. The van der Waals surface area contributed by atoms with Crippen molar-refractivity contribution in [3.63, 3.8) is 0 Å². The van der Waals surface area contributed by atoms with Crippen molar-refractivity contribution in [2.24, 2.45) is 0 Å². The number of aliphatic hydroxyl groups is 1. The fourth-order valence-corrected chi connectivity index (χ4v) is 3.19. The van der Waals surface area contributed by atoms with Gasteiger partial charge in [-0.1, -0.05) is 36.8 Å². The number of rotatable bonds is 4. The minimum Gasteiger partial charge on any atom is -0.376 e. The standard InChI is InChI=1S/C17H10ClFN6O2.C3H6/c1-2-10(27)14-16(19)15(18)13(8-3-22-24-17(8)14)9-5-25-6-11(21-7-26)23-12(25)4-20-9;1-2-3-1/h1,3-7,10,27H,(H,21,26)(H,22,24);1-3H2. The summed E-state index contributed by atoms with van der Waals surface area (Å²) >= 11 is 6.26. The summed E-state index contributed by atoms with van der Waals surface area (Å²) < 4.78 is 16.5. The summed E-state index contributed by atoms with van der Waals surface area (Å²) in [6, 6.07) is 0. The number of hydrogen-bond acceptors (Lipinski definition) is 5. The smallest absolute Gasteiger partial charge is 0.212 e. The maximum atomic E-state index is 14.9. The van der Waals surface area contributed by atoms with E-state index >= 15 is 0 Å². The van der Waals surface area contributed by atoms with Crippen LogP contribution in [0.25, 0.3) is 27.8 Å². The van der Waals surface area contributed by atoms with Gasteiger partial charge in [0.2, 0.25) is 6.41 Å². The minimum atomic E-state index is -1.49. The average molecular weight is 427 g/mol. The Morgan fingerprint density at radius 1 is 1.37 bits per heavy atom. The van der Waals surface area contributed by atoms with Gasteiger partial charge < -0.3 is 14.8 Å². The van der Waals surface area contributed by atoms with Crippen LogP contribution in [0.4, 0.5) is 10.2 Å². The van der Waals surface area contributed by atoms with Crippen molar-refractivity contribution >= 4 is 40.4 Å². The second-order valence-electron chi connectivity index (χ2n) is 6.63. The number of terminal acetylenes is 1. The van der Waals surface area contributed by atoms with Crippen molar-refractivity contribution < 1.29 is 14.3 Å². The fraction of sp³-hybridized carbons (Fsp3) is 0.200. The van der Waals surface area contributed by atoms with Crippen LogP contribution in [0.3, 0.4) is 0 Å². The van der Waals surface area contributed by atoms with E-state index < -0.39 is 11.9 Å². The minimum absolute atomic E-state index is 0.153. The number of aromatic amines is 1. The highest BCUT2D eigenvalue weighted by Gasteiger charge is 2.25. The number of fused-ring (bicyclic) bond motifs is 2. The number of carbonyl (C=O) groups excluding carboxylic acids is 1. The van der Waals surface area contributed by atoms with Gasteiger partial charge in [0.15, 0.2) is 17.3 Å². The Morgan fingerprint density at radius 2 is 2.13 bits per heavy atom. The lowest BCUT2D eigenvalue weighted by Gasteiger charge is -2.13. The number of hydrogen-bond donors (Lipinski definition) is 3. The number of amides is 1. The van der Waals surface area contributed by atoms with Crippen molar-refractivity contribution in [1.82, 2.24) is 24.6 Å². The molecule has 8 nitrogen and oxygen atoms in total. The third-order valence-electron chi connectivity index (χ3n) is 4.42. The Kier molecular flexibility index (Phi) is 5.35. The van der Waals surface area contributed by atoms with Crippen LogP contribution in [0.2, 0.25) is 5.02 Å². The molecule has 0 aliphatic heterocycles. The Bertz CT molecular complexity index is 1290. The maximum absolute atomic E-state index is 14.9. The first kappa shape index (κ1) is 19.8. The zero-order valence-electron chi connectivity index (χ0n) is 15.6. The first-order valence-electron chi connectivity index (χ1n) is 9.08. The van der Waals surface area contributed by atoms with Crippen LogP contribution in [0, 0.1) is 18.2 Å². The van der Waals surface area contributed by atoms with Gasteiger partial charge in [-0.25, -0.2) is 9.37 Å². The van der Waals surface area contributed by atoms with Gasteiger partial charge >= 0.3 is 0 Å². The number of H-pyrrole nitrogens is 1. The van der Waals surface area contributed by atoms with Gasteiger partial charge in [0, 0.05) is 17.1 Å². The highest BCUT2D eigenvalue weighted by Crippen LogP contribution is 2.40. The van der Waals surface area contributed by atoms with Gasteiger partial charge in [0.05, 0.1) is 40.4 Å². The number of carbonyl (C=O) groups is 1. The average Bonchev–Trinajstić information content (AvgIpc) is 3.46. The topological polar surface area (TPSA) is 108 Å². The Morgan fingerprint density at radius 3 is 2.80 bits per heavy atom. The van der Waals surface area contributed by atoms with E-state index in [0.29, 0.717) is 29.0 Å². The van der Waals surface area contributed by atoms with E-state index in [4.69, 9.17) is 18.0 Å². The molecule has 5 rings (SSSR count). The van der Waals surface area contributed by atoms with Gasteiger partial charge in [-0.3, -0.25) is 14.9 Å². The number of anilines is 1. The van der Waals surface area contributed by atoms with Gasteiger partial charge in [0.25, 0.3) is 0 Å². The van der Waals surface area contributed by atoms with E-state index in [1.54, 1.807) is 16.8 Å². The quantitative estimate of drug-likeness (QED) is 0.342. The highest BCUT2D eigenvalue weighted by molar-refractivity contribution is 6.35. The van der Waals surface area contributed by atoms with Crippen LogP contribution in [-0.2, 0) is 4.79 Å². The van der Waals surface area contributed by atoms with E-state index in [9.17, 15) is 14.3 Å². The fourth-order valence-electron chi connectivity index (χ4n) is 2.89. The second-order valence-corrected chi connectivity index (χ2v) is 7.01. The molecule has 30 heavy (non-hydrogen) atoms. The predicted molar refractivity (Wildman–Crippen MR) is 110 cm³/mol. The molecule has 1 saturated carbocycles. The lowest BCUT2D eigenvalue weighted by atomic mass is 9.99. The lowest BCUT2D eigenvalue weighted by Crippen LogP contribution is -2.02. The van der Waals surface area contributed by atoms with Crippen LogP contribution in [0.5, 0.6) is 0 Å². The van der Waals surface area contributed by atoms with E-state index in [0.717, 1.165) is 0 Å². The van der Waals surface area contributed by atoms with Gasteiger partial charge in [-0.05, 0) is 0 Å². The Hall–Kier alpha value is -3.48. The van der Waals surface area contributed by atoms with Crippen molar-refractivity contribution in [2.75, 3.05) is 5.32 Å². The summed E-state index contributed by atoms with van der Waals surface area (Å²) in [5.41, 5.74) is 1.18. The summed E-state index contributed by atoms with van der Waals surface area (Å²) in [4.78, 5) is 19.0. The summed E-state index contributed by atoms with van der Waals surface area (Å²) in [6.07, 6.45) is 14.8. The molecule has 0 radical (unpaired) electrons. The van der Waals surface area contributed by atoms with Crippen molar-refractivity contribution in [2.45, 2.75) is 25.4 Å². The van der Waals surface area contributed by atoms with Crippen LogP contribution < -0.4 is 5.32 Å². The zero-order chi connectivity index (χ0) is 21.3. The molecule has 0 bridgehead atoms. The SMILES string of the molecule is C#CC(O)c1c(F)c(Cl)c(-c2cn3cc(NC=O)nc3cn2)c2cn[nH]c12.C1CC1. The van der Waals surface area contributed by atoms with Crippen molar-refractivity contribution in [3.05, 3.63) is 41.2 Å². The first-order valence-corrected chi connectivity index (χ1v) is 9.46. The highest BCUT2D eigenvalue weighted by atomic mass is 35.5. The second kappa shape index (κ2) is 8.10. The van der Waals surface area contributed by atoms with E-state index in [1.165, 1.54) is 31.7 Å². The van der Waals surface area contributed by atoms with Gasteiger partial charge in [0.1, 0.15) is 6.10 Å². The zero-order valence-corrected chi connectivity index (χ0v) is 16.3. The Labute approximate surface area is 175 Å². The number of nitrogens with zero attached hydrogens (tertiary/aromatic N) is 4. The lowest BCUT2D eigenvalue weighted by molar-refractivity contribution is -0.105. The first-order chi connectivity index (χ1) is 14.5. The normalized spacial score (nSPS) is 13.4. The molecule has 1 aliphatic rings. The number of benzene rings is 1. The summed E-state index contributed by atoms with van der Waals surface area (Å²) in [5, 5.41) is 19.2. The van der Waals surface area contributed by atoms with E-state index in [-0.39, 0.29) is 21.7 Å². The molecule has 1 aliphatic carbocycles. The molecule has 1 unspecified atom stereocenters. The summed E-state index contributed by atoms with van der Waals surface area (Å²) in [6.45, 7) is 0. The predicted octanol–water partition coefficient (Wildman–Crippen LogP) is 3.47. The molecule has 4 aromatic rings. The molecular formula is C20H16ClFN6O2. The molecule has 1 atom stereocenters. The van der Waals surface area contributed by atoms with E-state index in [1.807, 2.05) is 0 Å². The van der Waals surface area contributed by atoms with Crippen molar-refractivity contribution in [3.8, 4) is 23.6 Å². The van der Waals surface area contributed by atoms with E-state index in [2.05, 4.69) is 31.4 Å². The Balaban J connectivity index is 0.000000667. The monoisotopic (exact) mass is 426 g/mol. The number of aromatic nitrogens is 5. The van der Waals surface area contributed by atoms with Crippen LogP contribution in [0.15, 0.2) is 24.8 Å². The maximum Gasteiger partial charge on any atom is 0.212 e. The molecule has 1 aromatic carbocycles. The number of nitrogens with one attached hydrogen (secondary N) is 2. The molecule has 3 heterocycles. The molecule has 1 fully saturated rings. The van der Waals surface area contributed by atoms with Crippen LogP contribution in [0.1, 0.15) is 30.9 Å². The molecule has 3 N–H and O–H groups in total. The third kappa shape index (κ3) is 3.58. The summed E-state index contributed by atoms with van der Waals surface area (Å²) in [7, 11) is 0. The molecule has 0 spiro atoms. The molecule has 0 saturated heterocycles. The van der Waals surface area contributed by atoms with Crippen molar-refractivity contribution in [1.29, 1.82) is 0 Å². The van der Waals surface area contributed by atoms with Gasteiger partial charge in [-0.2, -0.15) is 5.10 Å². The molecule has 3 aromatic heterocycles. The summed E-state index contributed by atoms with van der Waals surface area (Å²) in [5.74, 6) is 1.55. The third-order valence-corrected chi connectivity index (χ3v) is 4.77. The largest absolute Gasteiger partial charge is 0.376 e. The van der Waals surface area contributed by atoms with Crippen LogP contribution in [-0.4, -0.2) is 36.1 Å².